The predicted molar refractivity (Wildman–Crippen MR) is 105 cm³/mol. The van der Waals surface area contributed by atoms with Crippen LogP contribution in [0, 0.1) is 0 Å². The maximum absolute atomic E-state index is 12.1. The molecule has 4 nitrogen and oxygen atoms in total. The van der Waals surface area contributed by atoms with E-state index in [0.717, 1.165) is 18.6 Å². The van der Waals surface area contributed by atoms with Crippen LogP contribution in [-0.2, 0) is 19.3 Å². The summed E-state index contributed by atoms with van der Waals surface area (Å²) < 4.78 is 5.93. The summed E-state index contributed by atoms with van der Waals surface area (Å²) in [7, 11) is 1.67. The molecular weight excluding hydrogens is 324 g/mol. The van der Waals surface area contributed by atoms with Crippen molar-refractivity contribution in [2.75, 3.05) is 26.7 Å². The summed E-state index contributed by atoms with van der Waals surface area (Å²) >= 11 is 0. The van der Waals surface area contributed by atoms with Gasteiger partial charge in [-0.25, -0.2) is 4.79 Å². The number of rotatable bonds is 7. The van der Waals surface area contributed by atoms with Crippen LogP contribution in [0.5, 0.6) is 5.75 Å². The van der Waals surface area contributed by atoms with Crippen LogP contribution < -0.4 is 10.1 Å². The molecule has 0 radical (unpaired) electrons. The Hall–Kier alpha value is -2.49. The third-order valence-electron chi connectivity index (χ3n) is 4.96. The van der Waals surface area contributed by atoms with Crippen LogP contribution >= 0.6 is 0 Å². The fraction of sp³-hybridized carbons (Fsp3) is 0.409. The van der Waals surface area contributed by atoms with Crippen molar-refractivity contribution in [3.8, 4) is 5.75 Å². The van der Waals surface area contributed by atoms with Gasteiger partial charge in [-0.1, -0.05) is 36.4 Å². The lowest BCUT2D eigenvalue weighted by Gasteiger charge is -2.23. The van der Waals surface area contributed by atoms with Crippen LogP contribution in [-0.4, -0.2) is 37.7 Å². The van der Waals surface area contributed by atoms with Gasteiger partial charge in [-0.2, -0.15) is 0 Å². The third-order valence-corrected chi connectivity index (χ3v) is 4.96. The summed E-state index contributed by atoms with van der Waals surface area (Å²) in [5.41, 5.74) is 4.11. The predicted octanol–water partition coefficient (Wildman–Crippen LogP) is 3.83. The second-order valence-electron chi connectivity index (χ2n) is 6.76. The van der Waals surface area contributed by atoms with Gasteiger partial charge in [0, 0.05) is 13.6 Å². The lowest BCUT2D eigenvalue weighted by molar-refractivity contribution is 0.185. The van der Waals surface area contributed by atoms with Crippen molar-refractivity contribution in [3.63, 3.8) is 0 Å². The molecule has 0 fully saturated rings. The minimum atomic E-state index is -0.0602. The van der Waals surface area contributed by atoms with Gasteiger partial charge < -0.3 is 15.0 Å². The Balaban J connectivity index is 1.52. The number of hydrogen-bond donors (Lipinski definition) is 1. The fourth-order valence-electron chi connectivity index (χ4n) is 3.46. The Kier molecular flexibility index (Phi) is 6.53. The number of aryl methyl sites for hydroxylation is 2. The summed E-state index contributed by atoms with van der Waals surface area (Å²) in [5.74, 6) is 0.908. The molecule has 0 saturated heterocycles. The molecule has 138 valence electrons. The van der Waals surface area contributed by atoms with Gasteiger partial charge >= 0.3 is 6.03 Å². The quantitative estimate of drug-likeness (QED) is 0.823. The Labute approximate surface area is 156 Å². The molecule has 2 aromatic rings. The largest absolute Gasteiger partial charge is 0.492 e. The van der Waals surface area contributed by atoms with Crippen molar-refractivity contribution in [1.29, 1.82) is 0 Å². The summed E-state index contributed by atoms with van der Waals surface area (Å²) in [6.07, 6.45) is 5.72. The summed E-state index contributed by atoms with van der Waals surface area (Å²) in [4.78, 5) is 13.9. The normalized spacial score (nSPS) is 13.0. The van der Waals surface area contributed by atoms with Gasteiger partial charge in [0.2, 0.25) is 0 Å². The second-order valence-corrected chi connectivity index (χ2v) is 6.76. The lowest BCUT2D eigenvalue weighted by Crippen LogP contribution is -2.41. The van der Waals surface area contributed by atoms with E-state index in [4.69, 9.17) is 4.74 Å². The molecule has 0 aromatic heterocycles. The highest BCUT2D eigenvalue weighted by atomic mass is 16.5. The van der Waals surface area contributed by atoms with Crippen molar-refractivity contribution in [2.24, 2.45) is 0 Å². The first-order valence-corrected chi connectivity index (χ1v) is 9.51. The lowest BCUT2D eigenvalue weighted by atomic mass is 9.92. The Morgan fingerprint density at radius 1 is 1.04 bits per heavy atom. The standard InChI is InChI=1S/C22H28N2O2/c1-23-22(25)24(14-13-18-7-3-2-4-8-18)15-16-26-21-12-11-19-9-5-6-10-20(19)17-21/h2-4,7-8,11-12,17H,5-6,9-10,13-16H2,1H3,(H,23,25). The minimum Gasteiger partial charge on any atom is -0.492 e. The summed E-state index contributed by atoms with van der Waals surface area (Å²) in [6.45, 7) is 1.75. The molecule has 0 spiro atoms. The molecule has 4 heteroatoms. The van der Waals surface area contributed by atoms with Gasteiger partial charge in [-0.15, -0.1) is 0 Å². The van der Waals surface area contributed by atoms with Crippen molar-refractivity contribution in [3.05, 3.63) is 65.2 Å². The first kappa shape index (κ1) is 18.3. The SMILES string of the molecule is CNC(=O)N(CCOc1ccc2c(c1)CCCC2)CCc1ccccc1. The van der Waals surface area contributed by atoms with Gasteiger partial charge in [0.25, 0.3) is 0 Å². The molecule has 26 heavy (non-hydrogen) atoms. The van der Waals surface area contributed by atoms with Crippen molar-refractivity contribution >= 4 is 6.03 Å². The van der Waals surface area contributed by atoms with E-state index in [1.165, 1.54) is 36.0 Å². The number of fused-ring (bicyclic) bond motifs is 1. The third kappa shape index (κ3) is 5.01. The van der Waals surface area contributed by atoms with Crippen molar-refractivity contribution in [1.82, 2.24) is 10.2 Å². The number of amides is 2. The van der Waals surface area contributed by atoms with Gasteiger partial charge in [0.05, 0.1) is 6.54 Å². The number of ether oxygens (including phenoxy) is 1. The summed E-state index contributed by atoms with van der Waals surface area (Å²) in [6, 6.07) is 16.6. The average molecular weight is 352 g/mol. The zero-order valence-electron chi connectivity index (χ0n) is 15.5. The zero-order valence-corrected chi connectivity index (χ0v) is 15.5. The van der Waals surface area contributed by atoms with Crippen LogP contribution in [0.15, 0.2) is 48.5 Å². The topological polar surface area (TPSA) is 41.6 Å². The molecule has 1 aliphatic rings. The van der Waals surface area contributed by atoms with Gasteiger partial charge in [-0.05, 0) is 60.9 Å². The smallest absolute Gasteiger partial charge is 0.317 e. The molecule has 2 amide bonds. The molecule has 1 aliphatic carbocycles. The van der Waals surface area contributed by atoms with E-state index >= 15 is 0 Å². The van der Waals surface area contributed by atoms with E-state index in [-0.39, 0.29) is 6.03 Å². The first-order chi connectivity index (χ1) is 12.8. The van der Waals surface area contributed by atoms with Gasteiger partial charge in [0.1, 0.15) is 12.4 Å². The molecule has 1 N–H and O–H groups in total. The monoisotopic (exact) mass is 352 g/mol. The van der Waals surface area contributed by atoms with Crippen LogP contribution in [0.3, 0.4) is 0 Å². The van der Waals surface area contributed by atoms with Crippen LogP contribution in [0.1, 0.15) is 29.5 Å². The van der Waals surface area contributed by atoms with E-state index in [9.17, 15) is 4.79 Å². The van der Waals surface area contributed by atoms with Gasteiger partial charge in [0.15, 0.2) is 0 Å². The van der Waals surface area contributed by atoms with Crippen LogP contribution in [0.2, 0.25) is 0 Å². The first-order valence-electron chi connectivity index (χ1n) is 9.51. The maximum Gasteiger partial charge on any atom is 0.317 e. The van der Waals surface area contributed by atoms with Crippen molar-refractivity contribution < 1.29 is 9.53 Å². The highest BCUT2D eigenvalue weighted by Crippen LogP contribution is 2.25. The number of nitrogens with one attached hydrogen (secondary N) is 1. The number of carbonyl (C=O) groups is 1. The van der Waals surface area contributed by atoms with Crippen molar-refractivity contribution in [2.45, 2.75) is 32.1 Å². The van der Waals surface area contributed by atoms with E-state index in [1.54, 1.807) is 7.05 Å². The Bertz CT molecular complexity index is 715. The number of benzene rings is 2. The van der Waals surface area contributed by atoms with E-state index in [0.29, 0.717) is 19.7 Å². The molecule has 0 unspecified atom stereocenters. The molecule has 3 rings (SSSR count). The van der Waals surface area contributed by atoms with Crippen LogP contribution in [0.4, 0.5) is 4.79 Å². The Morgan fingerprint density at radius 2 is 1.81 bits per heavy atom. The maximum atomic E-state index is 12.1. The molecule has 2 aromatic carbocycles. The number of hydrogen-bond acceptors (Lipinski definition) is 2. The summed E-state index contributed by atoms with van der Waals surface area (Å²) in [5, 5.41) is 2.72. The molecule has 0 saturated carbocycles. The molecular formula is C22H28N2O2. The highest BCUT2D eigenvalue weighted by Gasteiger charge is 2.13. The molecule has 0 heterocycles. The number of urea groups is 1. The fourth-order valence-corrected chi connectivity index (χ4v) is 3.46. The van der Waals surface area contributed by atoms with Gasteiger partial charge in [-0.3, -0.25) is 0 Å². The zero-order chi connectivity index (χ0) is 18.2. The molecule has 0 bridgehead atoms. The second kappa shape index (κ2) is 9.27. The average Bonchev–Trinajstić information content (AvgIpc) is 2.70. The molecule has 0 aliphatic heterocycles. The number of carbonyl (C=O) groups excluding carboxylic acids is 1. The number of nitrogens with zero attached hydrogens (tertiary/aromatic N) is 1. The van der Waals surface area contributed by atoms with E-state index < -0.39 is 0 Å². The minimum absolute atomic E-state index is 0.0602. The van der Waals surface area contributed by atoms with E-state index in [1.807, 2.05) is 23.1 Å². The van der Waals surface area contributed by atoms with Crippen LogP contribution in [0.25, 0.3) is 0 Å². The molecule has 0 atom stereocenters. The highest BCUT2D eigenvalue weighted by molar-refractivity contribution is 5.73. The Morgan fingerprint density at radius 3 is 2.58 bits per heavy atom. The van der Waals surface area contributed by atoms with E-state index in [2.05, 4.69) is 35.6 Å².